The summed E-state index contributed by atoms with van der Waals surface area (Å²) >= 11 is 0. The molecule has 1 heterocycles. The number of ether oxygens (including phenoxy) is 1. The van der Waals surface area contributed by atoms with E-state index in [0.717, 1.165) is 13.2 Å². The average Bonchev–Trinajstić information content (AvgIpc) is 2.69. The molecule has 0 aromatic rings. The molecule has 0 aromatic carbocycles. The van der Waals surface area contributed by atoms with Gasteiger partial charge in [-0.3, -0.25) is 4.90 Å². The van der Waals surface area contributed by atoms with Crippen molar-refractivity contribution in [3.05, 3.63) is 0 Å². The maximum Gasteiger partial charge on any atom is 0.0597 e. The van der Waals surface area contributed by atoms with E-state index in [-0.39, 0.29) is 0 Å². The second-order valence-corrected chi connectivity index (χ2v) is 5.29. The molecule has 2 aliphatic rings. The molecule has 0 aromatic heterocycles. The van der Waals surface area contributed by atoms with Crippen molar-refractivity contribution < 1.29 is 4.74 Å². The molecule has 1 N–H and O–H groups in total. The fourth-order valence-corrected chi connectivity index (χ4v) is 2.80. The average molecular weight is 226 g/mol. The molecule has 0 radical (unpaired) electrons. The number of rotatable bonds is 4. The van der Waals surface area contributed by atoms with Gasteiger partial charge in [-0.1, -0.05) is 12.8 Å². The van der Waals surface area contributed by atoms with Crippen LogP contribution in [-0.4, -0.2) is 49.8 Å². The first-order chi connectivity index (χ1) is 7.84. The van der Waals surface area contributed by atoms with Crippen molar-refractivity contribution in [2.24, 2.45) is 0 Å². The van der Waals surface area contributed by atoms with E-state index in [9.17, 15) is 0 Å². The van der Waals surface area contributed by atoms with E-state index < -0.39 is 0 Å². The zero-order valence-electron chi connectivity index (χ0n) is 10.6. The zero-order valence-corrected chi connectivity index (χ0v) is 10.6. The molecule has 2 rings (SSSR count). The second-order valence-electron chi connectivity index (χ2n) is 5.29. The lowest BCUT2D eigenvalue weighted by atomic mass is 10.3. The van der Waals surface area contributed by atoms with Gasteiger partial charge < -0.3 is 10.1 Å². The number of nitrogens with one attached hydrogen (secondary N) is 1. The van der Waals surface area contributed by atoms with Crippen LogP contribution in [0.15, 0.2) is 0 Å². The summed E-state index contributed by atoms with van der Waals surface area (Å²) in [4.78, 5) is 2.54. The SMILES string of the molecule is CC1CN(CCOC2CCCC2)CCCN1. The summed E-state index contributed by atoms with van der Waals surface area (Å²) in [6, 6.07) is 0.633. The first kappa shape index (κ1) is 12.3. The Balaban J connectivity index is 1.60. The standard InChI is InChI=1S/C13H26N2O/c1-12-11-15(8-4-7-14-12)9-10-16-13-5-2-3-6-13/h12-14H,2-11H2,1H3. The summed E-state index contributed by atoms with van der Waals surface area (Å²) in [5.41, 5.74) is 0. The van der Waals surface area contributed by atoms with E-state index in [2.05, 4.69) is 17.1 Å². The molecule has 2 fully saturated rings. The third-order valence-corrected chi connectivity index (χ3v) is 3.74. The van der Waals surface area contributed by atoms with Crippen LogP contribution in [0.25, 0.3) is 0 Å². The highest BCUT2D eigenvalue weighted by molar-refractivity contribution is 4.73. The van der Waals surface area contributed by atoms with Crippen molar-refractivity contribution in [2.75, 3.05) is 32.8 Å². The van der Waals surface area contributed by atoms with Crippen molar-refractivity contribution in [3.63, 3.8) is 0 Å². The summed E-state index contributed by atoms with van der Waals surface area (Å²) in [5.74, 6) is 0. The first-order valence-electron chi connectivity index (χ1n) is 6.92. The molecule has 1 saturated carbocycles. The van der Waals surface area contributed by atoms with Crippen molar-refractivity contribution >= 4 is 0 Å². The minimum Gasteiger partial charge on any atom is -0.377 e. The Morgan fingerprint density at radius 3 is 2.88 bits per heavy atom. The van der Waals surface area contributed by atoms with Crippen molar-refractivity contribution in [1.29, 1.82) is 0 Å². The monoisotopic (exact) mass is 226 g/mol. The summed E-state index contributed by atoms with van der Waals surface area (Å²) in [6.07, 6.45) is 7.16. The van der Waals surface area contributed by atoms with Crippen molar-refractivity contribution in [1.82, 2.24) is 10.2 Å². The van der Waals surface area contributed by atoms with E-state index in [0.29, 0.717) is 12.1 Å². The fraction of sp³-hybridized carbons (Fsp3) is 1.00. The van der Waals surface area contributed by atoms with E-state index in [1.54, 1.807) is 0 Å². The molecule has 1 unspecified atom stereocenters. The first-order valence-corrected chi connectivity index (χ1v) is 6.92. The van der Waals surface area contributed by atoms with Crippen molar-refractivity contribution in [2.45, 2.75) is 51.2 Å². The van der Waals surface area contributed by atoms with Crippen LogP contribution in [-0.2, 0) is 4.74 Å². The Morgan fingerprint density at radius 1 is 1.25 bits per heavy atom. The second kappa shape index (κ2) is 6.58. The lowest BCUT2D eigenvalue weighted by molar-refractivity contribution is 0.0418. The van der Waals surface area contributed by atoms with Crippen LogP contribution in [0.2, 0.25) is 0 Å². The van der Waals surface area contributed by atoms with E-state index in [1.807, 2.05) is 0 Å². The van der Waals surface area contributed by atoms with E-state index >= 15 is 0 Å². The highest BCUT2D eigenvalue weighted by atomic mass is 16.5. The minimum absolute atomic E-state index is 0.572. The molecule has 3 heteroatoms. The molecule has 0 bridgehead atoms. The van der Waals surface area contributed by atoms with Gasteiger partial charge in [-0.05, 0) is 39.3 Å². The van der Waals surface area contributed by atoms with Gasteiger partial charge in [-0.15, -0.1) is 0 Å². The van der Waals surface area contributed by atoms with Gasteiger partial charge in [0.05, 0.1) is 12.7 Å². The van der Waals surface area contributed by atoms with Crippen LogP contribution in [0.1, 0.15) is 39.0 Å². The van der Waals surface area contributed by atoms with Gasteiger partial charge in [0.1, 0.15) is 0 Å². The van der Waals surface area contributed by atoms with Crippen LogP contribution >= 0.6 is 0 Å². The highest BCUT2D eigenvalue weighted by Gasteiger charge is 2.17. The molecule has 1 saturated heterocycles. The largest absolute Gasteiger partial charge is 0.377 e. The molecular formula is C13H26N2O. The van der Waals surface area contributed by atoms with Crippen LogP contribution in [0.5, 0.6) is 0 Å². The molecule has 1 aliphatic carbocycles. The molecule has 0 spiro atoms. The molecule has 0 amide bonds. The van der Waals surface area contributed by atoms with Gasteiger partial charge in [0, 0.05) is 19.1 Å². The van der Waals surface area contributed by atoms with Gasteiger partial charge in [0.2, 0.25) is 0 Å². The third kappa shape index (κ3) is 4.04. The Kier molecular flexibility index (Phi) is 5.07. The smallest absolute Gasteiger partial charge is 0.0597 e. The number of hydrogen-bond acceptors (Lipinski definition) is 3. The molecule has 3 nitrogen and oxygen atoms in total. The Hall–Kier alpha value is -0.120. The lowest BCUT2D eigenvalue weighted by Crippen LogP contribution is -2.37. The van der Waals surface area contributed by atoms with E-state index in [4.69, 9.17) is 4.74 Å². The predicted octanol–water partition coefficient (Wildman–Crippen LogP) is 1.63. The number of hydrogen-bond donors (Lipinski definition) is 1. The Bertz CT molecular complexity index is 192. The maximum atomic E-state index is 5.92. The maximum absolute atomic E-state index is 5.92. The highest BCUT2D eigenvalue weighted by Crippen LogP contribution is 2.20. The lowest BCUT2D eigenvalue weighted by Gasteiger charge is -2.23. The van der Waals surface area contributed by atoms with Crippen LogP contribution < -0.4 is 5.32 Å². The fourth-order valence-electron chi connectivity index (χ4n) is 2.80. The van der Waals surface area contributed by atoms with Crippen LogP contribution in [0, 0.1) is 0 Å². The normalized spacial score (nSPS) is 29.4. The minimum atomic E-state index is 0.572. The van der Waals surface area contributed by atoms with Gasteiger partial charge in [-0.2, -0.15) is 0 Å². The molecule has 1 aliphatic heterocycles. The van der Waals surface area contributed by atoms with Gasteiger partial charge in [0.15, 0.2) is 0 Å². The molecule has 16 heavy (non-hydrogen) atoms. The Labute approximate surface area is 99.5 Å². The number of nitrogens with zero attached hydrogens (tertiary/aromatic N) is 1. The summed E-state index contributed by atoms with van der Waals surface area (Å²) in [6.45, 7) is 7.89. The topological polar surface area (TPSA) is 24.5 Å². The molecule has 1 atom stereocenters. The van der Waals surface area contributed by atoms with Gasteiger partial charge in [0.25, 0.3) is 0 Å². The Morgan fingerprint density at radius 2 is 2.06 bits per heavy atom. The van der Waals surface area contributed by atoms with Gasteiger partial charge in [-0.25, -0.2) is 0 Å². The zero-order chi connectivity index (χ0) is 11.2. The van der Waals surface area contributed by atoms with Crippen molar-refractivity contribution in [3.8, 4) is 0 Å². The van der Waals surface area contributed by atoms with Crippen LogP contribution in [0.3, 0.4) is 0 Å². The summed E-state index contributed by atoms with van der Waals surface area (Å²) < 4.78 is 5.92. The van der Waals surface area contributed by atoms with Crippen LogP contribution in [0.4, 0.5) is 0 Å². The third-order valence-electron chi connectivity index (χ3n) is 3.74. The van der Waals surface area contributed by atoms with E-state index in [1.165, 1.54) is 51.7 Å². The summed E-state index contributed by atoms with van der Waals surface area (Å²) in [7, 11) is 0. The quantitative estimate of drug-likeness (QED) is 0.788. The predicted molar refractivity (Wildman–Crippen MR) is 66.7 cm³/mol. The summed E-state index contributed by atoms with van der Waals surface area (Å²) in [5, 5.41) is 3.52. The molecular weight excluding hydrogens is 200 g/mol. The molecule has 94 valence electrons. The van der Waals surface area contributed by atoms with Gasteiger partial charge >= 0.3 is 0 Å².